The van der Waals surface area contributed by atoms with Crippen LogP contribution in [0.15, 0.2) is 67.4 Å². The van der Waals surface area contributed by atoms with Crippen molar-refractivity contribution in [3.05, 3.63) is 88.6 Å². The molecule has 0 aliphatic carbocycles. The van der Waals surface area contributed by atoms with Gasteiger partial charge in [0.15, 0.2) is 0 Å². The Morgan fingerprint density at radius 2 is 2.00 bits per heavy atom. The molecule has 0 spiro atoms. The van der Waals surface area contributed by atoms with Gasteiger partial charge < -0.3 is 10.1 Å². The number of benzene rings is 2. The summed E-state index contributed by atoms with van der Waals surface area (Å²) in [5, 5.41) is 14.2. The first-order chi connectivity index (χ1) is 13.5. The van der Waals surface area contributed by atoms with Crippen LogP contribution in [0.4, 0.5) is 17.2 Å². The zero-order chi connectivity index (χ0) is 20.1. The number of ether oxygens (including phenoxy) is 1. The van der Waals surface area contributed by atoms with E-state index in [-0.39, 0.29) is 11.5 Å². The standard InChI is InChI=1S/C21H17N3O4/c1-3-16-17(9-5-10-18(16)21(25)28-2)14-7-4-8-15(13-14)23-20-19(24(26)27)11-6-12-22-20/h3-13H,1H2,2H3,(H,22,23). The maximum absolute atomic E-state index is 12.0. The molecule has 3 rings (SSSR count). The first kappa shape index (κ1) is 18.8. The topological polar surface area (TPSA) is 94.4 Å². The summed E-state index contributed by atoms with van der Waals surface area (Å²) in [5.74, 6) is -0.299. The summed E-state index contributed by atoms with van der Waals surface area (Å²) in [6, 6.07) is 15.5. The Morgan fingerprint density at radius 3 is 2.71 bits per heavy atom. The number of nitrogens with zero attached hydrogens (tertiary/aromatic N) is 2. The van der Waals surface area contributed by atoms with Crippen molar-refractivity contribution in [3.63, 3.8) is 0 Å². The minimum absolute atomic E-state index is 0.118. The summed E-state index contributed by atoms with van der Waals surface area (Å²) in [6.07, 6.45) is 3.08. The van der Waals surface area contributed by atoms with Gasteiger partial charge in [-0.1, -0.05) is 36.9 Å². The van der Waals surface area contributed by atoms with E-state index in [1.54, 1.807) is 24.3 Å². The molecule has 0 fully saturated rings. The molecule has 1 aromatic heterocycles. The van der Waals surface area contributed by atoms with Gasteiger partial charge in [0.25, 0.3) is 0 Å². The smallest absolute Gasteiger partial charge is 0.338 e. The molecule has 0 aliphatic rings. The summed E-state index contributed by atoms with van der Waals surface area (Å²) in [5.41, 5.74) is 3.16. The summed E-state index contributed by atoms with van der Waals surface area (Å²) in [6.45, 7) is 3.81. The van der Waals surface area contributed by atoms with Crippen molar-refractivity contribution in [2.24, 2.45) is 0 Å². The Kier molecular flexibility index (Phi) is 5.45. The first-order valence-electron chi connectivity index (χ1n) is 8.35. The van der Waals surface area contributed by atoms with E-state index in [0.29, 0.717) is 16.8 Å². The van der Waals surface area contributed by atoms with E-state index in [4.69, 9.17) is 4.74 Å². The fourth-order valence-electron chi connectivity index (χ4n) is 2.87. The van der Waals surface area contributed by atoms with Crippen molar-refractivity contribution in [1.82, 2.24) is 4.98 Å². The average molecular weight is 375 g/mol. The lowest BCUT2D eigenvalue weighted by molar-refractivity contribution is -0.384. The molecule has 0 bridgehead atoms. The molecule has 1 N–H and O–H groups in total. The molecule has 0 aliphatic heterocycles. The molecule has 1 heterocycles. The number of carbonyl (C=O) groups excluding carboxylic acids is 1. The van der Waals surface area contributed by atoms with Crippen LogP contribution >= 0.6 is 0 Å². The Morgan fingerprint density at radius 1 is 1.21 bits per heavy atom. The van der Waals surface area contributed by atoms with Gasteiger partial charge in [0.1, 0.15) is 0 Å². The third-order valence-corrected chi connectivity index (χ3v) is 4.13. The van der Waals surface area contributed by atoms with Crippen molar-refractivity contribution < 1.29 is 14.5 Å². The van der Waals surface area contributed by atoms with Crippen LogP contribution in [0.1, 0.15) is 15.9 Å². The third kappa shape index (κ3) is 3.73. The SMILES string of the molecule is C=Cc1c(C(=O)OC)cccc1-c1cccc(Nc2ncccc2[N+](=O)[O-])c1. The zero-order valence-corrected chi connectivity index (χ0v) is 15.1. The van der Waals surface area contributed by atoms with Crippen molar-refractivity contribution in [1.29, 1.82) is 0 Å². The summed E-state index contributed by atoms with van der Waals surface area (Å²) in [4.78, 5) is 26.8. The molecule has 3 aromatic rings. The quantitative estimate of drug-likeness (QED) is 0.377. The van der Waals surface area contributed by atoms with Crippen molar-refractivity contribution >= 4 is 29.2 Å². The predicted molar refractivity (Wildman–Crippen MR) is 107 cm³/mol. The highest BCUT2D eigenvalue weighted by molar-refractivity contribution is 5.97. The second-order valence-corrected chi connectivity index (χ2v) is 5.80. The minimum atomic E-state index is -0.491. The number of methoxy groups -OCH3 is 1. The average Bonchev–Trinajstić information content (AvgIpc) is 2.73. The van der Waals surface area contributed by atoms with Crippen LogP contribution in [-0.2, 0) is 4.74 Å². The van der Waals surface area contributed by atoms with Gasteiger partial charge in [-0.15, -0.1) is 0 Å². The van der Waals surface area contributed by atoms with E-state index in [1.807, 2.05) is 24.3 Å². The number of carbonyl (C=O) groups is 1. The van der Waals surface area contributed by atoms with Gasteiger partial charge in [-0.05, 0) is 41.0 Å². The fraction of sp³-hybridized carbons (Fsp3) is 0.0476. The lowest BCUT2D eigenvalue weighted by Crippen LogP contribution is -2.04. The Labute approximate surface area is 161 Å². The van der Waals surface area contributed by atoms with Crippen LogP contribution in [0.25, 0.3) is 17.2 Å². The number of aromatic nitrogens is 1. The summed E-state index contributed by atoms with van der Waals surface area (Å²) in [7, 11) is 1.33. The molecule has 0 saturated carbocycles. The van der Waals surface area contributed by atoms with Crippen LogP contribution in [0, 0.1) is 10.1 Å². The van der Waals surface area contributed by atoms with E-state index < -0.39 is 10.9 Å². The highest BCUT2D eigenvalue weighted by Gasteiger charge is 2.16. The van der Waals surface area contributed by atoms with E-state index in [2.05, 4.69) is 16.9 Å². The lowest BCUT2D eigenvalue weighted by Gasteiger charge is -2.12. The van der Waals surface area contributed by atoms with Gasteiger partial charge >= 0.3 is 11.7 Å². The molecular weight excluding hydrogens is 358 g/mol. The van der Waals surface area contributed by atoms with E-state index in [9.17, 15) is 14.9 Å². The van der Waals surface area contributed by atoms with Crippen LogP contribution in [0.5, 0.6) is 0 Å². The summed E-state index contributed by atoms with van der Waals surface area (Å²) < 4.78 is 4.84. The maximum Gasteiger partial charge on any atom is 0.338 e. The first-order valence-corrected chi connectivity index (χ1v) is 8.35. The molecule has 0 atom stereocenters. The molecule has 28 heavy (non-hydrogen) atoms. The van der Waals surface area contributed by atoms with Crippen LogP contribution in [-0.4, -0.2) is 23.0 Å². The van der Waals surface area contributed by atoms with Gasteiger partial charge in [0.2, 0.25) is 5.82 Å². The maximum atomic E-state index is 12.0. The molecule has 0 amide bonds. The molecule has 7 nitrogen and oxygen atoms in total. The van der Waals surface area contributed by atoms with E-state index in [0.717, 1.165) is 11.1 Å². The zero-order valence-electron chi connectivity index (χ0n) is 15.1. The fourth-order valence-corrected chi connectivity index (χ4v) is 2.87. The number of hydrogen-bond acceptors (Lipinski definition) is 6. The number of nitrogens with one attached hydrogen (secondary N) is 1. The Bertz CT molecular complexity index is 1060. The highest BCUT2D eigenvalue weighted by atomic mass is 16.6. The van der Waals surface area contributed by atoms with Gasteiger partial charge in [-0.2, -0.15) is 0 Å². The second-order valence-electron chi connectivity index (χ2n) is 5.80. The number of pyridine rings is 1. The Hall–Kier alpha value is -4.00. The number of esters is 1. The third-order valence-electron chi connectivity index (χ3n) is 4.13. The van der Waals surface area contributed by atoms with Crippen LogP contribution in [0.2, 0.25) is 0 Å². The normalized spacial score (nSPS) is 10.2. The monoisotopic (exact) mass is 375 g/mol. The molecular formula is C21H17N3O4. The molecule has 7 heteroatoms. The summed E-state index contributed by atoms with van der Waals surface area (Å²) >= 11 is 0. The van der Waals surface area contributed by atoms with Crippen LogP contribution < -0.4 is 5.32 Å². The molecule has 2 aromatic carbocycles. The van der Waals surface area contributed by atoms with Gasteiger partial charge in [0.05, 0.1) is 17.6 Å². The number of hydrogen-bond donors (Lipinski definition) is 1. The van der Waals surface area contributed by atoms with Gasteiger partial charge in [-0.25, -0.2) is 9.78 Å². The molecule has 0 unspecified atom stereocenters. The largest absolute Gasteiger partial charge is 0.465 e. The number of nitro groups is 1. The molecule has 0 radical (unpaired) electrons. The molecule has 140 valence electrons. The Balaban J connectivity index is 2.03. The van der Waals surface area contributed by atoms with Gasteiger partial charge in [-0.3, -0.25) is 10.1 Å². The molecule has 0 saturated heterocycles. The van der Waals surface area contributed by atoms with Crippen molar-refractivity contribution in [3.8, 4) is 11.1 Å². The van der Waals surface area contributed by atoms with Crippen molar-refractivity contribution in [2.45, 2.75) is 0 Å². The minimum Gasteiger partial charge on any atom is -0.465 e. The van der Waals surface area contributed by atoms with Gasteiger partial charge in [0, 0.05) is 18.0 Å². The number of rotatable bonds is 6. The predicted octanol–water partition coefficient (Wildman–Crippen LogP) is 4.83. The lowest BCUT2D eigenvalue weighted by atomic mass is 9.95. The van der Waals surface area contributed by atoms with Crippen LogP contribution in [0.3, 0.4) is 0 Å². The second kappa shape index (κ2) is 8.13. The van der Waals surface area contributed by atoms with Crippen molar-refractivity contribution in [2.75, 3.05) is 12.4 Å². The van der Waals surface area contributed by atoms with E-state index in [1.165, 1.54) is 25.4 Å². The number of anilines is 2. The van der Waals surface area contributed by atoms with E-state index >= 15 is 0 Å². The highest BCUT2D eigenvalue weighted by Crippen LogP contribution is 2.31.